The number of benzene rings is 1. The van der Waals surface area contributed by atoms with E-state index >= 15 is 0 Å². The van der Waals surface area contributed by atoms with Crippen molar-refractivity contribution in [1.82, 2.24) is 4.90 Å². The molecule has 0 aromatic heterocycles. The van der Waals surface area contributed by atoms with Gasteiger partial charge >= 0.3 is 5.97 Å². The highest BCUT2D eigenvalue weighted by Gasteiger charge is 2.43. The van der Waals surface area contributed by atoms with Gasteiger partial charge in [0.05, 0.1) is 11.3 Å². The number of likely N-dealkylation sites (tertiary alicyclic amines) is 1. The number of carbonyl (C=O) groups is 2. The lowest BCUT2D eigenvalue weighted by Crippen LogP contribution is -2.37. The first-order chi connectivity index (χ1) is 9.98. The fraction of sp³-hybridized carbons (Fsp3) is 0.529. The molecule has 1 aromatic carbocycles. The molecule has 114 valence electrons. The smallest absolute Gasteiger partial charge is 0.311 e. The second kappa shape index (κ2) is 6.29. The Morgan fingerprint density at radius 1 is 1.33 bits per heavy atom. The second-order valence-electron chi connectivity index (χ2n) is 6.13. The quantitative estimate of drug-likeness (QED) is 0.906. The van der Waals surface area contributed by atoms with Crippen LogP contribution in [0.4, 0.5) is 0 Å². The van der Waals surface area contributed by atoms with Gasteiger partial charge in [-0.2, -0.15) is 0 Å². The normalized spacial score (nSPS) is 23.0. The molecule has 2 atom stereocenters. The summed E-state index contributed by atoms with van der Waals surface area (Å²) < 4.78 is 0. The van der Waals surface area contributed by atoms with Gasteiger partial charge in [0.15, 0.2) is 0 Å². The molecule has 1 N–H and O–H groups in total. The lowest BCUT2D eigenvalue weighted by molar-refractivity contribution is -0.147. The lowest BCUT2D eigenvalue weighted by Gasteiger charge is -2.25. The zero-order valence-electron chi connectivity index (χ0n) is 12.7. The number of carboxylic acid groups (broad SMARTS) is 1. The van der Waals surface area contributed by atoms with E-state index in [-0.39, 0.29) is 11.8 Å². The van der Waals surface area contributed by atoms with E-state index in [1.165, 1.54) is 0 Å². The van der Waals surface area contributed by atoms with Gasteiger partial charge in [0.2, 0.25) is 5.91 Å². The van der Waals surface area contributed by atoms with Gasteiger partial charge < -0.3 is 10.0 Å². The molecule has 1 aliphatic rings. The monoisotopic (exact) mass is 289 g/mol. The van der Waals surface area contributed by atoms with Crippen molar-refractivity contribution < 1.29 is 14.7 Å². The zero-order valence-corrected chi connectivity index (χ0v) is 12.7. The lowest BCUT2D eigenvalue weighted by atomic mass is 9.90. The van der Waals surface area contributed by atoms with Gasteiger partial charge in [-0.05, 0) is 25.3 Å². The van der Waals surface area contributed by atoms with E-state index in [1.807, 2.05) is 30.3 Å². The van der Waals surface area contributed by atoms with Crippen LogP contribution < -0.4 is 0 Å². The molecule has 1 aliphatic heterocycles. The molecule has 4 heteroatoms. The molecular weight excluding hydrogens is 266 g/mol. The molecule has 1 aromatic rings. The number of hydrogen-bond donors (Lipinski definition) is 1. The van der Waals surface area contributed by atoms with Crippen molar-refractivity contribution >= 4 is 11.9 Å². The van der Waals surface area contributed by atoms with E-state index in [1.54, 1.807) is 11.8 Å². The maximum absolute atomic E-state index is 12.8. The van der Waals surface area contributed by atoms with Crippen LogP contribution >= 0.6 is 0 Å². The summed E-state index contributed by atoms with van der Waals surface area (Å²) >= 11 is 0. The molecule has 0 bridgehead atoms. The first-order valence-corrected chi connectivity index (χ1v) is 7.55. The molecular formula is C17H23NO3. The van der Waals surface area contributed by atoms with Crippen molar-refractivity contribution in [3.05, 3.63) is 35.9 Å². The van der Waals surface area contributed by atoms with Gasteiger partial charge in [0, 0.05) is 13.1 Å². The number of amides is 1. The minimum absolute atomic E-state index is 0.0630. The Morgan fingerprint density at radius 2 is 2.00 bits per heavy atom. The van der Waals surface area contributed by atoms with E-state index in [2.05, 4.69) is 6.92 Å². The third-order valence-corrected chi connectivity index (χ3v) is 4.38. The van der Waals surface area contributed by atoms with Crippen LogP contribution in [0.5, 0.6) is 0 Å². The summed E-state index contributed by atoms with van der Waals surface area (Å²) in [5, 5.41) is 9.29. The van der Waals surface area contributed by atoms with Gasteiger partial charge in [-0.1, -0.05) is 43.7 Å². The van der Waals surface area contributed by atoms with Crippen molar-refractivity contribution in [3.8, 4) is 0 Å². The van der Waals surface area contributed by atoms with Crippen molar-refractivity contribution in [2.75, 3.05) is 13.1 Å². The minimum Gasteiger partial charge on any atom is -0.481 e. The van der Waals surface area contributed by atoms with Crippen LogP contribution in [0.2, 0.25) is 0 Å². The summed E-state index contributed by atoms with van der Waals surface area (Å²) in [6, 6.07) is 9.77. The van der Waals surface area contributed by atoms with E-state index < -0.39 is 11.4 Å². The Bertz CT molecular complexity index is 514. The molecule has 1 saturated heterocycles. The van der Waals surface area contributed by atoms with Crippen LogP contribution in [0.25, 0.3) is 0 Å². The number of aliphatic carboxylic acids is 1. The van der Waals surface area contributed by atoms with Gasteiger partial charge in [-0.3, -0.25) is 9.59 Å². The first kappa shape index (κ1) is 15.5. The molecule has 0 radical (unpaired) electrons. The predicted molar refractivity (Wildman–Crippen MR) is 81.0 cm³/mol. The summed E-state index contributed by atoms with van der Waals surface area (Å²) in [6.07, 6.45) is 2.25. The summed E-state index contributed by atoms with van der Waals surface area (Å²) in [6.45, 7) is 4.64. The van der Waals surface area contributed by atoms with Crippen molar-refractivity contribution in [2.24, 2.45) is 5.41 Å². The largest absolute Gasteiger partial charge is 0.481 e. The molecule has 2 unspecified atom stereocenters. The van der Waals surface area contributed by atoms with E-state index in [9.17, 15) is 14.7 Å². The number of hydrogen-bond acceptors (Lipinski definition) is 2. The molecule has 1 amide bonds. The maximum Gasteiger partial charge on any atom is 0.311 e. The van der Waals surface area contributed by atoms with Crippen molar-refractivity contribution in [1.29, 1.82) is 0 Å². The summed E-state index contributed by atoms with van der Waals surface area (Å²) in [5.41, 5.74) is 0.219. The van der Waals surface area contributed by atoms with Crippen LogP contribution in [-0.2, 0) is 9.59 Å². The number of carboxylic acids is 1. The SMILES string of the molecule is CCCC(C(=O)N1CCC(C)(C(=O)O)C1)c1ccccc1. The maximum atomic E-state index is 12.8. The zero-order chi connectivity index (χ0) is 15.5. The molecule has 0 saturated carbocycles. The number of rotatable bonds is 5. The summed E-state index contributed by atoms with van der Waals surface area (Å²) in [7, 11) is 0. The number of nitrogens with zero attached hydrogens (tertiary/aromatic N) is 1. The Morgan fingerprint density at radius 3 is 2.52 bits per heavy atom. The predicted octanol–water partition coefficient (Wildman–Crippen LogP) is 2.89. The molecule has 0 aliphatic carbocycles. The Labute approximate surface area is 125 Å². The molecule has 2 rings (SSSR count). The third-order valence-electron chi connectivity index (χ3n) is 4.38. The highest BCUT2D eigenvalue weighted by Crippen LogP contribution is 2.33. The molecule has 1 heterocycles. The first-order valence-electron chi connectivity index (χ1n) is 7.55. The molecule has 21 heavy (non-hydrogen) atoms. The van der Waals surface area contributed by atoms with Gasteiger partial charge in [-0.15, -0.1) is 0 Å². The Balaban J connectivity index is 2.15. The molecule has 0 spiro atoms. The fourth-order valence-electron chi connectivity index (χ4n) is 2.95. The van der Waals surface area contributed by atoms with Crippen LogP contribution in [0.1, 0.15) is 44.6 Å². The molecule has 1 fully saturated rings. The van der Waals surface area contributed by atoms with Crippen LogP contribution in [-0.4, -0.2) is 35.0 Å². The van der Waals surface area contributed by atoms with E-state index in [0.717, 1.165) is 18.4 Å². The summed E-state index contributed by atoms with van der Waals surface area (Å²) in [4.78, 5) is 25.8. The van der Waals surface area contributed by atoms with Crippen molar-refractivity contribution in [2.45, 2.75) is 39.0 Å². The highest BCUT2D eigenvalue weighted by molar-refractivity contribution is 5.85. The van der Waals surface area contributed by atoms with Crippen LogP contribution in [0.3, 0.4) is 0 Å². The van der Waals surface area contributed by atoms with Crippen LogP contribution in [0.15, 0.2) is 30.3 Å². The topological polar surface area (TPSA) is 57.6 Å². The van der Waals surface area contributed by atoms with Gasteiger partial charge in [0.25, 0.3) is 0 Å². The average Bonchev–Trinajstić information content (AvgIpc) is 2.89. The van der Waals surface area contributed by atoms with Gasteiger partial charge in [-0.25, -0.2) is 0 Å². The second-order valence-corrected chi connectivity index (χ2v) is 6.13. The third kappa shape index (κ3) is 3.26. The van der Waals surface area contributed by atoms with Gasteiger partial charge in [0.1, 0.15) is 0 Å². The highest BCUT2D eigenvalue weighted by atomic mass is 16.4. The molecule has 4 nitrogen and oxygen atoms in total. The fourth-order valence-corrected chi connectivity index (χ4v) is 2.95. The average molecular weight is 289 g/mol. The van der Waals surface area contributed by atoms with Crippen LogP contribution in [0, 0.1) is 5.41 Å². The Kier molecular flexibility index (Phi) is 4.66. The standard InChI is InChI=1S/C17H23NO3/c1-3-7-14(13-8-5-4-6-9-13)15(19)18-11-10-17(2,12-18)16(20)21/h4-6,8-9,14H,3,7,10-12H2,1-2H3,(H,20,21). The summed E-state index contributed by atoms with van der Waals surface area (Å²) in [5.74, 6) is -0.912. The number of carbonyl (C=O) groups excluding carboxylic acids is 1. The van der Waals surface area contributed by atoms with Crippen molar-refractivity contribution in [3.63, 3.8) is 0 Å². The minimum atomic E-state index is -0.815. The Hall–Kier alpha value is -1.84. The van der Waals surface area contributed by atoms with E-state index in [0.29, 0.717) is 19.5 Å². The van der Waals surface area contributed by atoms with E-state index in [4.69, 9.17) is 0 Å².